The third kappa shape index (κ3) is 3.46. The zero-order chi connectivity index (χ0) is 15.5. The highest BCUT2D eigenvalue weighted by Crippen LogP contribution is 2.23. The van der Waals surface area contributed by atoms with Gasteiger partial charge >= 0.3 is 0 Å². The molecular weight excluding hydrogens is 286 g/mol. The van der Waals surface area contributed by atoms with Crippen molar-refractivity contribution in [3.63, 3.8) is 0 Å². The highest BCUT2D eigenvalue weighted by Gasteiger charge is 2.22. The van der Waals surface area contributed by atoms with Gasteiger partial charge in [-0.3, -0.25) is 4.31 Å². The zero-order valence-corrected chi connectivity index (χ0v) is 13.4. The van der Waals surface area contributed by atoms with Gasteiger partial charge < -0.3 is 10.3 Å². The van der Waals surface area contributed by atoms with Crippen molar-refractivity contribution in [1.29, 1.82) is 0 Å². The normalized spacial score (nSPS) is 11.6. The third-order valence-electron chi connectivity index (χ3n) is 3.31. The molecule has 2 rings (SSSR count). The molecular formula is C15H21N3O2S. The number of nitrogens with zero attached hydrogens (tertiary/aromatic N) is 1. The van der Waals surface area contributed by atoms with E-state index in [0.717, 1.165) is 17.8 Å². The summed E-state index contributed by atoms with van der Waals surface area (Å²) in [6.45, 7) is 5.41. The van der Waals surface area contributed by atoms with E-state index in [1.807, 2.05) is 32.0 Å². The first-order valence-corrected chi connectivity index (χ1v) is 8.32. The van der Waals surface area contributed by atoms with E-state index in [-0.39, 0.29) is 4.90 Å². The molecule has 21 heavy (non-hydrogen) atoms. The van der Waals surface area contributed by atoms with Crippen LogP contribution in [0.2, 0.25) is 0 Å². The van der Waals surface area contributed by atoms with Gasteiger partial charge in [0.2, 0.25) is 0 Å². The lowest BCUT2D eigenvalue weighted by atomic mass is 10.2. The predicted molar refractivity (Wildman–Crippen MR) is 84.9 cm³/mol. The van der Waals surface area contributed by atoms with E-state index in [2.05, 4.69) is 10.3 Å². The smallest absolute Gasteiger partial charge is 0.265 e. The van der Waals surface area contributed by atoms with Gasteiger partial charge in [0.1, 0.15) is 4.90 Å². The molecule has 0 spiro atoms. The SMILES string of the molecule is CCNCc1cc(S(=O)(=O)N(C)c2cccc(C)c2)c[nH]1. The summed E-state index contributed by atoms with van der Waals surface area (Å²) in [5.74, 6) is 0. The van der Waals surface area contributed by atoms with Crippen molar-refractivity contribution in [3.05, 3.63) is 47.8 Å². The van der Waals surface area contributed by atoms with Crippen molar-refractivity contribution in [3.8, 4) is 0 Å². The summed E-state index contributed by atoms with van der Waals surface area (Å²) < 4.78 is 26.5. The van der Waals surface area contributed by atoms with Crippen molar-refractivity contribution < 1.29 is 8.42 Å². The topological polar surface area (TPSA) is 65.2 Å². The Morgan fingerprint density at radius 3 is 2.71 bits per heavy atom. The lowest BCUT2D eigenvalue weighted by molar-refractivity contribution is 0.594. The molecule has 6 heteroatoms. The lowest BCUT2D eigenvalue weighted by Crippen LogP contribution is -2.26. The van der Waals surface area contributed by atoms with Crippen LogP contribution in [-0.4, -0.2) is 27.0 Å². The molecule has 0 aliphatic heterocycles. The fourth-order valence-corrected chi connectivity index (χ4v) is 3.26. The van der Waals surface area contributed by atoms with Gasteiger partial charge in [0.25, 0.3) is 10.0 Å². The maximum atomic E-state index is 12.6. The van der Waals surface area contributed by atoms with Gasteiger partial charge in [-0.25, -0.2) is 8.42 Å². The van der Waals surface area contributed by atoms with Crippen molar-refractivity contribution in [2.45, 2.75) is 25.3 Å². The number of H-pyrrole nitrogens is 1. The Morgan fingerprint density at radius 1 is 1.29 bits per heavy atom. The molecule has 0 fully saturated rings. The summed E-state index contributed by atoms with van der Waals surface area (Å²) in [4.78, 5) is 3.27. The second-order valence-corrected chi connectivity index (χ2v) is 6.92. The van der Waals surface area contributed by atoms with Crippen LogP contribution in [0.1, 0.15) is 18.2 Å². The average Bonchev–Trinajstić information content (AvgIpc) is 2.93. The quantitative estimate of drug-likeness (QED) is 0.860. The molecule has 114 valence electrons. The summed E-state index contributed by atoms with van der Waals surface area (Å²) in [5, 5.41) is 3.16. The van der Waals surface area contributed by atoms with Crippen molar-refractivity contribution >= 4 is 15.7 Å². The second kappa shape index (κ2) is 6.32. The van der Waals surface area contributed by atoms with Crippen LogP contribution < -0.4 is 9.62 Å². The molecule has 0 unspecified atom stereocenters. The number of hydrogen-bond donors (Lipinski definition) is 2. The first-order valence-electron chi connectivity index (χ1n) is 6.88. The minimum Gasteiger partial charge on any atom is -0.363 e. The van der Waals surface area contributed by atoms with Crippen molar-refractivity contribution in [2.75, 3.05) is 17.9 Å². The largest absolute Gasteiger partial charge is 0.363 e. The number of nitrogens with one attached hydrogen (secondary N) is 2. The Labute approximate surface area is 126 Å². The maximum absolute atomic E-state index is 12.6. The van der Waals surface area contributed by atoms with E-state index in [0.29, 0.717) is 12.2 Å². The highest BCUT2D eigenvalue weighted by atomic mass is 32.2. The fourth-order valence-electron chi connectivity index (χ4n) is 2.05. The number of aromatic amines is 1. The minimum atomic E-state index is -3.54. The van der Waals surface area contributed by atoms with Crippen LogP contribution in [0.3, 0.4) is 0 Å². The Bertz CT molecular complexity index is 707. The summed E-state index contributed by atoms with van der Waals surface area (Å²) in [7, 11) is -1.97. The van der Waals surface area contributed by atoms with Gasteiger partial charge in [0.15, 0.2) is 0 Å². The van der Waals surface area contributed by atoms with Gasteiger partial charge in [-0.2, -0.15) is 0 Å². The van der Waals surface area contributed by atoms with Crippen LogP contribution in [0.5, 0.6) is 0 Å². The minimum absolute atomic E-state index is 0.277. The number of rotatable bonds is 6. The monoisotopic (exact) mass is 307 g/mol. The first kappa shape index (κ1) is 15.6. The molecule has 0 bridgehead atoms. The number of aromatic nitrogens is 1. The molecule has 0 amide bonds. The summed E-state index contributed by atoms with van der Waals surface area (Å²) in [6, 6.07) is 9.10. The molecule has 5 nitrogen and oxygen atoms in total. The highest BCUT2D eigenvalue weighted by molar-refractivity contribution is 7.92. The number of aryl methyl sites for hydroxylation is 1. The number of hydrogen-bond acceptors (Lipinski definition) is 3. The maximum Gasteiger partial charge on any atom is 0.265 e. The van der Waals surface area contributed by atoms with Crippen molar-refractivity contribution in [1.82, 2.24) is 10.3 Å². The Kier molecular flexibility index (Phi) is 4.69. The lowest BCUT2D eigenvalue weighted by Gasteiger charge is -2.19. The Balaban J connectivity index is 2.26. The third-order valence-corrected chi connectivity index (χ3v) is 5.07. The second-order valence-electron chi connectivity index (χ2n) is 4.95. The summed E-state index contributed by atoms with van der Waals surface area (Å²) in [6.07, 6.45) is 1.54. The molecule has 0 saturated carbocycles. The van der Waals surface area contributed by atoms with Crippen LogP contribution in [0.4, 0.5) is 5.69 Å². The molecule has 0 aliphatic carbocycles. The van der Waals surface area contributed by atoms with Crippen LogP contribution in [0, 0.1) is 6.92 Å². The van der Waals surface area contributed by atoms with Crippen LogP contribution >= 0.6 is 0 Å². The molecule has 2 aromatic rings. The molecule has 1 heterocycles. The predicted octanol–water partition coefficient (Wildman–Crippen LogP) is 2.26. The Hall–Kier alpha value is -1.79. The van der Waals surface area contributed by atoms with Gasteiger partial charge in [0, 0.05) is 25.5 Å². The average molecular weight is 307 g/mol. The molecule has 0 radical (unpaired) electrons. The van der Waals surface area contributed by atoms with E-state index < -0.39 is 10.0 Å². The van der Waals surface area contributed by atoms with Crippen LogP contribution in [0.15, 0.2) is 41.4 Å². The Morgan fingerprint density at radius 2 is 2.05 bits per heavy atom. The van der Waals surface area contributed by atoms with E-state index in [1.165, 1.54) is 10.5 Å². The van der Waals surface area contributed by atoms with Gasteiger partial charge in [0.05, 0.1) is 5.69 Å². The van der Waals surface area contributed by atoms with Gasteiger partial charge in [-0.05, 0) is 37.2 Å². The molecule has 2 N–H and O–H groups in total. The van der Waals surface area contributed by atoms with E-state index in [1.54, 1.807) is 19.2 Å². The van der Waals surface area contributed by atoms with Crippen LogP contribution in [-0.2, 0) is 16.6 Å². The van der Waals surface area contributed by atoms with Crippen molar-refractivity contribution in [2.24, 2.45) is 0 Å². The molecule has 1 aromatic carbocycles. The fraction of sp³-hybridized carbons (Fsp3) is 0.333. The number of sulfonamides is 1. The number of anilines is 1. The molecule has 1 aromatic heterocycles. The molecule has 0 atom stereocenters. The summed E-state index contributed by atoms with van der Waals surface area (Å²) >= 11 is 0. The van der Waals surface area contributed by atoms with Gasteiger partial charge in [-0.1, -0.05) is 19.1 Å². The first-order chi connectivity index (χ1) is 9.95. The molecule has 0 saturated heterocycles. The van der Waals surface area contributed by atoms with Crippen LogP contribution in [0.25, 0.3) is 0 Å². The molecule has 0 aliphatic rings. The van der Waals surface area contributed by atoms with E-state index >= 15 is 0 Å². The summed E-state index contributed by atoms with van der Waals surface area (Å²) in [5.41, 5.74) is 2.54. The standard InChI is InChI=1S/C15H21N3O2S/c1-4-16-10-13-9-15(11-17-13)21(19,20)18(3)14-7-5-6-12(2)8-14/h5-9,11,16-17H,4,10H2,1-3H3. The van der Waals surface area contributed by atoms with E-state index in [9.17, 15) is 8.42 Å². The van der Waals surface area contributed by atoms with E-state index in [4.69, 9.17) is 0 Å². The number of benzene rings is 1. The zero-order valence-electron chi connectivity index (χ0n) is 12.6. The van der Waals surface area contributed by atoms with Gasteiger partial charge in [-0.15, -0.1) is 0 Å².